The molecule has 0 spiro atoms. The summed E-state index contributed by atoms with van der Waals surface area (Å²) in [5.41, 5.74) is 5.36. The molecule has 0 bridgehead atoms. The summed E-state index contributed by atoms with van der Waals surface area (Å²) in [6.45, 7) is 1.20. The third kappa shape index (κ3) is 5.13. The minimum Gasteiger partial charge on any atom is -0.338 e. The Morgan fingerprint density at radius 3 is 2.03 bits per heavy atom. The fourth-order valence-electron chi connectivity index (χ4n) is 5.56. The van der Waals surface area contributed by atoms with Crippen molar-refractivity contribution in [1.29, 1.82) is 0 Å². The molecular formula is C30H31N3O4. The summed E-state index contributed by atoms with van der Waals surface area (Å²) >= 11 is 0. The maximum Gasteiger partial charge on any atom is 0.253 e. The van der Waals surface area contributed by atoms with Crippen LogP contribution in [0.5, 0.6) is 0 Å². The molecule has 0 aromatic heterocycles. The summed E-state index contributed by atoms with van der Waals surface area (Å²) < 4.78 is 0. The van der Waals surface area contributed by atoms with E-state index in [0.717, 1.165) is 29.5 Å². The van der Waals surface area contributed by atoms with Crippen molar-refractivity contribution in [2.24, 2.45) is 0 Å². The summed E-state index contributed by atoms with van der Waals surface area (Å²) in [5, 5.41) is 8.63. The van der Waals surface area contributed by atoms with Crippen LogP contribution in [0, 0.1) is 0 Å². The van der Waals surface area contributed by atoms with Gasteiger partial charge in [-0.25, -0.2) is 5.48 Å². The lowest BCUT2D eigenvalue weighted by atomic mass is 9.76. The Hall–Kier alpha value is -3.97. The minimum atomic E-state index is -0.437. The summed E-state index contributed by atoms with van der Waals surface area (Å²) in [5.74, 6) is -0.469. The number of hydrogen-bond donors (Lipinski definition) is 2. The quantitative estimate of drug-likeness (QED) is 0.292. The van der Waals surface area contributed by atoms with Gasteiger partial charge in [-0.05, 0) is 48.1 Å². The Labute approximate surface area is 216 Å². The standard InChI is InChI=1S/C30H31N3O4/c34-26(31-37)16-13-21-11-14-24(15-12-21)29(35)32-19-17-25(18-20-32)33-28(23-9-5-2-6-10-23)27(30(33)36)22-7-3-1-4-8-22/h1-12,14-15,25,27-28,37H,13,16-20H2,(H,31,34)/t27-,28-/m1/s1. The van der Waals surface area contributed by atoms with Crippen molar-refractivity contribution in [2.75, 3.05) is 13.1 Å². The fraction of sp³-hybridized carbons (Fsp3) is 0.300. The number of carbonyl (C=O) groups is 3. The first-order chi connectivity index (χ1) is 18.1. The Morgan fingerprint density at radius 1 is 0.838 bits per heavy atom. The average molecular weight is 498 g/mol. The van der Waals surface area contributed by atoms with E-state index in [1.165, 1.54) is 0 Å². The van der Waals surface area contributed by atoms with E-state index in [9.17, 15) is 14.4 Å². The van der Waals surface area contributed by atoms with Crippen LogP contribution in [0.2, 0.25) is 0 Å². The van der Waals surface area contributed by atoms with Crippen molar-refractivity contribution in [1.82, 2.24) is 15.3 Å². The number of piperidine rings is 1. The van der Waals surface area contributed by atoms with E-state index in [-0.39, 0.29) is 36.2 Å². The van der Waals surface area contributed by atoms with Crippen LogP contribution in [0.3, 0.4) is 0 Å². The molecule has 3 amide bonds. The zero-order valence-corrected chi connectivity index (χ0v) is 20.6. The lowest BCUT2D eigenvalue weighted by molar-refractivity contribution is -0.156. The molecule has 37 heavy (non-hydrogen) atoms. The number of aryl methyl sites for hydroxylation is 1. The van der Waals surface area contributed by atoms with E-state index in [4.69, 9.17) is 5.21 Å². The first kappa shape index (κ1) is 24.7. The average Bonchev–Trinajstić information content (AvgIpc) is 2.96. The van der Waals surface area contributed by atoms with Crippen LogP contribution in [-0.2, 0) is 16.0 Å². The number of rotatable bonds is 7. The number of benzene rings is 3. The molecule has 2 aliphatic rings. The second kappa shape index (κ2) is 11.0. The van der Waals surface area contributed by atoms with Gasteiger partial charge >= 0.3 is 0 Å². The highest BCUT2D eigenvalue weighted by Gasteiger charge is 2.51. The SMILES string of the molecule is O=C(CCc1ccc(C(=O)N2CCC(N3C(=O)[C@H](c4ccccc4)[C@H]3c3ccccc3)CC2)cc1)NO. The van der Waals surface area contributed by atoms with Crippen molar-refractivity contribution in [3.8, 4) is 0 Å². The molecule has 2 aliphatic heterocycles. The lowest BCUT2D eigenvalue weighted by Crippen LogP contribution is -2.60. The molecule has 2 N–H and O–H groups in total. The van der Waals surface area contributed by atoms with E-state index in [0.29, 0.717) is 25.1 Å². The molecule has 190 valence electrons. The van der Waals surface area contributed by atoms with Crippen molar-refractivity contribution in [2.45, 2.75) is 43.7 Å². The number of nitrogens with one attached hydrogen (secondary N) is 1. The highest BCUT2D eigenvalue weighted by Crippen LogP contribution is 2.48. The van der Waals surface area contributed by atoms with Gasteiger partial charge in [0.15, 0.2) is 0 Å². The van der Waals surface area contributed by atoms with Gasteiger partial charge in [0.1, 0.15) is 0 Å². The van der Waals surface area contributed by atoms with Crippen molar-refractivity contribution >= 4 is 17.7 Å². The first-order valence-corrected chi connectivity index (χ1v) is 12.8. The van der Waals surface area contributed by atoms with Crippen LogP contribution >= 0.6 is 0 Å². The summed E-state index contributed by atoms with van der Waals surface area (Å²) in [4.78, 5) is 41.7. The number of carbonyl (C=O) groups excluding carboxylic acids is 3. The predicted octanol–water partition coefficient (Wildman–Crippen LogP) is 4.10. The number of likely N-dealkylation sites (tertiary alicyclic amines) is 2. The van der Waals surface area contributed by atoms with Gasteiger partial charge in [0.2, 0.25) is 11.8 Å². The number of amides is 3. The zero-order chi connectivity index (χ0) is 25.8. The Balaban J connectivity index is 1.23. The van der Waals surface area contributed by atoms with E-state index >= 15 is 0 Å². The van der Waals surface area contributed by atoms with Gasteiger partial charge in [-0.2, -0.15) is 0 Å². The second-order valence-electron chi connectivity index (χ2n) is 9.74. The lowest BCUT2D eigenvalue weighted by Gasteiger charge is -2.53. The molecule has 2 atom stereocenters. The molecule has 2 heterocycles. The minimum absolute atomic E-state index is 0.00353. The third-order valence-corrected chi connectivity index (χ3v) is 7.55. The second-order valence-corrected chi connectivity index (χ2v) is 9.74. The maximum absolute atomic E-state index is 13.4. The van der Waals surface area contributed by atoms with Crippen molar-refractivity contribution in [3.05, 3.63) is 107 Å². The molecule has 0 unspecified atom stereocenters. The highest BCUT2D eigenvalue weighted by atomic mass is 16.5. The Kier molecular flexibility index (Phi) is 7.32. The fourth-order valence-corrected chi connectivity index (χ4v) is 5.56. The van der Waals surface area contributed by atoms with Gasteiger partial charge in [-0.3, -0.25) is 19.6 Å². The number of nitrogens with zero attached hydrogens (tertiary/aromatic N) is 2. The van der Waals surface area contributed by atoms with Crippen molar-refractivity contribution in [3.63, 3.8) is 0 Å². The smallest absolute Gasteiger partial charge is 0.253 e. The van der Waals surface area contributed by atoms with Gasteiger partial charge in [-0.1, -0.05) is 72.8 Å². The molecule has 3 aromatic rings. The molecule has 3 aromatic carbocycles. The van der Waals surface area contributed by atoms with E-state index in [2.05, 4.69) is 12.1 Å². The molecule has 7 nitrogen and oxygen atoms in total. The maximum atomic E-state index is 13.4. The summed E-state index contributed by atoms with van der Waals surface area (Å²) in [6.07, 6.45) is 2.16. The monoisotopic (exact) mass is 497 g/mol. The Morgan fingerprint density at radius 2 is 1.43 bits per heavy atom. The van der Waals surface area contributed by atoms with Crippen LogP contribution in [0.1, 0.15) is 58.3 Å². The molecule has 5 rings (SSSR count). The highest BCUT2D eigenvalue weighted by molar-refractivity contribution is 5.94. The topological polar surface area (TPSA) is 90.0 Å². The van der Waals surface area contributed by atoms with Gasteiger partial charge in [0, 0.05) is 31.1 Å². The molecule has 0 aliphatic carbocycles. The number of hydroxylamine groups is 1. The zero-order valence-electron chi connectivity index (χ0n) is 20.6. The molecule has 2 saturated heterocycles. The summed E-state index contributed by atoms with van der Waals surface area (Å²) in [6, 6.07) is 27.6. The van der Waals surface area contributed by atoms with Crippen LogP contribution in [-0.4, -0.2) is 51.9 Å². The van der Waals surface area contributed by atoms with Gasteiger partial charge in [0.25, 0.3) is 5.91 Å². The Bertz CT molecular complexity index is 1240. The molecule has 7 heteroatoms. The molecular weight excluding hydrogens is 466 g/mol. The molecule has 0 saturated carbocycles. The van der Waals surface area contributed by atoms with E-state index < -0.39 is 5.91 Å². The van der Waals surface area contributed by atoms with Crippen LogP contribution in [0.15, 0.2) is 84.9 Å². The van der Waals surface area contributed by atoms with Gasteiger partial charge in [-0.15, -0.1) is 0 Å². The molecule has 0 radical (unpaired) electrons. The normalized spacial score (nSPS) is 19.9. The summed E-state index contributed by atoms with van der Waals surface area (Å²) in [7, 11) is 0. The first-order valence-electron chi connectivity index (χ1n) is 12.8. The number of hydrogen-bond acceptors (Lipinski definition) is 4. The number of β-lactam (4-membered cyclic amide) rings is 1. The predicted molar refractivity (Wildman–Crippen MR) is 139 cm³/mol. The molecule has 2 fully saturated rings. The van der Waals surface area contributed by atoms with Crippen LogP contribution in [0.25, 0.3) is 0 Å². The van der Waals surface area contributed by atoms with Crippen LogP contribution in [0.4, 0.5) is 0 Å². The van der Waals surface area contributed by atoms with Crippen LogP contribution < -0.4 is 5.48 Å². The van der Waals surface area contributed by atoms with Gasteiger partial charge in [0.05, 0.1) is 12.0 Å². The largest absolute Gasteiger partial charge is 0.338 e. The van der Waals surface area contributed by atoms with E-state index in [1.54, 1.807) is 17.6 Å². The third-order valence-electron chi connectivity index (χ3n) is 7.55. The van der Waals surface area contributed by atoms with Gasteiger partial charge < -0.3 is 9.80 Å². The van der Waals surface area contributed by atoms with E-state index in [1.807, 2.05) is 70.5 Å². The van der Waals surface area contributed by atoms with Crippen molar-refractivity contribution < 1.29 is 19.6 Å².